The number of alkyl halides is 1. The van der Waals surface area contributed by atoms with Crippen molar-refractivity contribution in [2.75, 3.05) is 5.32 Å². The second-order valence-electron chi connectivity index (χ2n) is 5.57. The number of carbonyl (C=O) groups excluding carboxylic acids is 1. The van der Waals surface area contributed by atoms with Crippen LogP contribution in [-0.2, 0) is 11.2 Å². The Morgan fingerprint density at radius 3 is 2.57 bits per heavy atom. The predicted molar refractivity (Wildman–Crippen MR) is 89.9 cm³/mol. The smallest absolute Gasteiger partial charge is 0.224 e. The highest BCUT2D eigenvalue weighted by Crippen LogP contribution is 2.39. The van der Waals surface area contributed by atoms with Gasteiger partial charge in [-0.2, -0.15) is 0 Å². The van der Waals surface area contributed by atoms with Crippen LogP contribution in [0.2, 0.25) is 0 Å². The molecule has 0 bridgehead atoms. The fourth-order valence-electron chi connectivity index (χ4n) is 2.79. The lowest BCUT2D eigenvalue weighted by molar-refractivity contribution is -0.116. The quantitative estimate of drug-likeness (QED) is 0.796. The van der Waals surface area contributed by atoms with Crippen LogP contribution in [0.15, 0.2) is 48.5 Å². The van der Waals surface area contributed by atoms with Gasteiger partial charge in [-0.25, -0.2) is 0 Å². The van der Waals surface area contributed by atoms with Crippen LogP contribution in [0.5, 0.6) is 0 Å². The summed E-state index contributed by atoms with van der Waals surface area (Å²) >= 11 is 3.84. The van der Waals surface area contributed by atoms with Gasteiger partial charge in [0, 0.05) is 16.9 Å². The Balaban J connectivity index is 1.85. The molecule has 2 unspecified atom stereocenters. The van der Waals surface area contributed by atoms with Gasteiger partial charge in [0.15, 0.2) is 0 Å². The molecule has 1 aliphatic heterocycles. The Bertz CT molecular complexity index is 654. The average molecular weight is 344 g/mol. The van der Waals surface area contributed by atoms with E-state index in [1.54, 1.807) is 0 Å². The maximum absolute atomic E-state index is 11.4. The molecule has 1 heterocycles. The summed E-state index contributed by atoms with van der Waals surface area (Å²) in [6.07, 6.45) is 1.41. The molecule has 0 saturated carbocycles. The third-order valence-corrected chi connectivity index (χ3v) is 5.43. The lowest BCUT2D eigenvalue weighted by Gasteiger charge is -2.22. The van der Waals surface area contributed by atoms with Gasteiger partial charge in [-0.1, -0.05) is 65.3 Å². The first kappa shape index (κ1) is 14.3. The average Bonchev–Trinajstić information content (AvgIpc) is 2.53. The van der Waals surface area contributed by atoms with Crippen LogP contribution < -0.4 is 5.32 Å². The van der Waals surface area contributed by atoms with Gasteiger partial charge in [0.1, 0.15) is 0 Å². The number of hydrogen-bond donors (Lipinski definition) is 1. The molecule has 1 N–H and O–H groups in total. The molecule has 21 heavy (non-hydrogen) atoms. The number of benzene rings is 2. The second kappa shape index (κ2) is 6.02. The Morgan fingerprint density at radius 1 is 1.05 bits per heavy atom. The van der Waals surface area contributed by atoms with Gasteiger partial charge < -0.3 is 5.32 Å². The van der Waals surface area contributed by atoms with E-state index in [1.165, 1.54) is 16.7 Å². The highest BCUT2D eigenvalue weighted by atomic mass is 79.9. The Hall–Kier alpha value is -1.61. The molecular formula is C18H18BrNO. The molecule has 1 aliphatic rings. The number of amides is 1. The zero-order valence-electron chi connectivity index (χ0n) is 12.0. The van der Waals surface area contributed by atoms with Gasteiger partial charge in [0.2, 0.25) is 5.91 Å². The van der Waals surface area contributed by atoms with Crippen molar-refractivity contribution in [1.29, 1.82) is 0 Å². The molecule has 0 saturated heterocycles. The van der Waals surface area contributed by atoms with Crippen molar-refractivity contribution in [2.24, 2.45) is 0 Å². The van der Waals surface area contributed by atoms with Crippen molar-refractivity contribution >= 4 is 27.5 Å². The zero-order chi connectivity index (χ0) is 14.8. The molecule has 3 rings (SSSR count). The van der Waals surface area contributed by atoms with Crippen LogP contribution in [0.4, 0.5) is 5.69 Å². The number of rotatable bonds is 3. The molecule has 108 valence electrons. The second-order valence-corrected chi connectivity index (χ2v) is 6.55. The number of nitrogens with one attached hydrogen (secondary N) is 1. The first-order chi connectivity index (χ1) is 10.1. The first-order valence-electron chi connectivity index (χ1n) is 7.27. The number of hydrogen-bond acceptors (Lipinski definition) is 1. The van der Waals surface area contributed by atoms with E-state index in [9.17, 15) is 4.79 Å². The summed E-state index contributed by atoms with van der Waals surface area (Å²) in [5.74, 6) is 0.505. The molecule has 0 aliphatic carbocycles. The van der Waals surface area contributed by atoms with Gasteiger partial charge in [-0.15, -0.1) is 0 Å². The summed E-state index contributed by atoms with van der Waals surface area (Å²) in [6.45, 7) is 2.23. The van der Waals surface area contributed by atoms with Crippen molar-refractivity contribution in [3.63, 3.8) is 0 Å². The summed E-state index contributed by atoms with van der Waals surface area (Å²) in [4.78, 5) is 11.7. The van der Waals surface area contributed by atoms with Gasteiger partial charge in [-0.3, -0.25) is 4.79 Å². The third-order valence-electron chi connectivity index (χ3n) is 4.11. The summed E-state index contributed by atoms with van der Waals surface area (Å²) in [7, 11) is 0. The van der Waals surface area contributed by atoms with Gasteiger partial charge in [0.25, 0.3) is 0 Å². The minimum Gasteiger partial charge on any atom is -0.326 e. The van der Waals surface area contributed by atoms with E-state index in [2.05, 4.69) is 64.6 Å². The molecule has 0 fully saturated rings. The highest BCUT2D eigenvalue weighted by molar-refractivity contribution is 9.09. The largest absolute Gasteiger partial charge is 0.326 e. The zero-order valence-corrected chi connectivity index (χ0v) is 13.6. The molecular weight excluding hydrogens is 326 g/mol. The minimum atomic E-state index is 0.114. The molecule has 0 radical (unpaired) electrons. The Kier molecular flexibility index (Phi) is 4.11. The van der Waals surface area contributed by atoms with E-state index in [1.807, 2.05) is 12.1 Å². The molecule has 3 heteroatoms. The van der Waals surface area contributed by atoms with Crippen LogP contribution in [0.25, 0.3) is 0 Å². The number of anilines is 1. The van der Waals surface area contributed by atoms with Crippen molar-refractivity contribution in [3.8, 4) is 0 Å². The van der Waals surface area contributed by atoms with Crippen LogP contribution in [0, 0.1) is 0 Å². The summed E-state index contributed by atoms with van der Waals surface area (Å²) < 4.78 is 0. The van der Waals surface area contributed by atoms with Gasteiger partial charge >= 0.3 is 0 Å². The molecule has 1 amide bonds. The van der Waals surface area contributed by atoms with E-state index < -0.39 is 0 Å². The van der Waals surface area contributed by atoms with Crippen LogP contribution in [0.3, 0.4) is 0 Å². The predicted octanol–water partition coefficient (Wildman–Crippen LogP) is 4.81. The van der Waals surface area contributed by atoms with Crippen LogP contribution in [-0.4, -0.2) is 5.91 Å². The SMILES string of the molecule is CC(c1ccccc1)C(Br)c1ccc2c(c1)CCC(=O)N2. The first-order valence-corrected chi connectivity index (χ1v) is 8.18. The third kappa shape index (κ3) is 3.03. The van der Waals surface area contributed by atoms with Crippen molar-refractivity contribution < 1.29 is 4.79 Å². The van der Waals surface area contributed by atoms with Crippen molar-refractivity contribution in [1.82, 2.24) is 0 Å². The van der Waals surface area contributed by atoms with Crippen LogP contribution >= 0.6 is 15.9 Å². The van der Waals surface area contributed by atoms with Crippen molar-refractivity contribution in [3.05, 3.63) is 65.2 Å². The minimum absolute atomic E-state index is 0.114. The number of carbonyl (C=O) groups is 1. The lowest BCUT2D eigenvalue weighted by atomic mass is 9.91. The Labute approximate surface area is 133 Å². The fourth-order valence-corrected chi connectivity index (χ4v) is 3.38. The summed E-state index contributed by atoms with van der Waals surface area (Å²) in [6, 6.07) is 16.9. The highest BCUT2D eigenvalue weighted by Gasteiger charge is 2.21. The number of halogens is 1. The molecule has 2 aromatic carbocycles. The van der Waals surface area contributed by atoms with Gasteiger partial charge in [-0.05, 0) is 35.1 Å². The van der Waals surface area contributed by atoms with E-state index in [4.69, 9.17) is 0 Å². The lowest BCUT2D eigenvalue weighted by Crippen LogP contribution is -2.19. The Morgan fingerprint density at radius 2 is 1.81 bits per heavy atom. The normalized spacial score (nSPS) is 16.8. The molecule has 0 aromatic heterocycles. The summed E-state index contributed by atoms with van der Waals surface area (Å²) in [5.41, 5.74) is 4.78. The van der Waals surface area contributed by atoms with E-state index in [-0.39, 0.29) is 10.7 Å². The maximum Gasteiger partial charge on any atom is 0.224 e. The topological polar surface area (TPSA) is 29.1 Å². The van der Waals surface area contributed by atoms with Crippen molar-refractivity contribution in [2.45, 2.75) is 30.5 Å². The monoisotopic (exact) mass is 343 g/mol. The molecule has 2 nitrogen and oxygen atoms in total. The molecule has 2 atom stereocenters. The van der Waals surface area contributed by atoms with Gasteiger partial charge in [0.05, 0.1) is 0 Å². The fraction of sp³-hybridized carbons (Fsp3) is 0.278. The van der Waals surface area contributed by atoms with E-state index in [0.717, 1.165) is 12.1 Å². The number of aryl methyl sites for hydroxylation is 1. The standard InChI is InChI=1S/C18H18BrNO/c1-12(13-5-3-2-4-6-13)18(19)15-7-9-16-14(11-15)8-10-17(21)20-16/h2-7,9,11-12,18H,8,10H2,1H3,(H,20,21). The van der Waals surface area contributed by atoms with E-state index >= 15 is 0 Å². The maximum atomic E-state index is 11.4. The molecule has 2 aromatic rings. The molecule has 0 spiro atoms. The van der Waals surface area contributed by atoms with E-state index in [0.29, 0.717) is 12.3 Å². The number of fused-ring (bicyclic) bond motifs is 1. The summed E-state index contributed by atoms with van der Waals surface area (Å²) in [5, 5.41) is 2.93. The van der Waals surface area contributed by atoms with Crippen LogP contribution in [0.1, 0.15) is 40.8 Å².